The first-order valence-electron chi connectivity index (χ1n) is 8.17. The van der Waals surface area contributed by atoms with Crippen molar-refractivity contribution < 1.29 is 27.9 Å². The maximum atomic E-state index is 13.8. The van der Waals surface area contributed by atoms with Gasteiger partial charge in [-0.2, -0.15) is 0 Å². The Morgan fingerprint density at radius 1 is 1.07 bits per heavy atom. The van der Waals surface area contributed by atoms with Gasteiger partial charge < -0.3 is 18.7 Å². The van der Waals surface area contributed by atoms with Gasteiger partial charge in [-0.1, -0.05) is 23.4 Å². The fourth-order valence-electron chi connectivity index (χ4n) is 2.53. The topological polar surface area (TPSA) is 70.8 Å². The van der Waals surface area contributed by atoms with Gasteiger partial charge in [-0.25, -0.2) is 4.39 Å². The van der Waals surface area contributed by atoms with Crippen LogP contribution in [0, 0.1) is 5.82 Å². The zero-order valence-electron chi connectivity index (χ0n) is 14.9. The number of ether oxygens (including phenoxy) is 3. The molecule has 0 bridgehead atoms. The molecule has 0 N–H and O–H groups in total. The van der Waals surface area contributed by atoms with Crippen LogP contribution < -0.4 is 9.47 Å². The van der Waals surface area contributed by atoms with Crippen molar-refractivity contribution in [3.8, 4) is 22.8 Å². The molecule has 0 aliphatic heterocycles. The van der Waals surface area contributed by atoms with Crippen LogP contribution in [-0.4, -0.2) is 25.3 Å². The number of aromatic nitrogens is 1. The number of benzene rings is 2. The highest BCUT2D eigenvalue weighted by Gasteiger charge is 2.13. The minimum absolute atomic E-state index is 0.0654. The van der Waals surface area contributed by atoms with Gasteiger partial charge in [0.05, 0.1) is 26.2 Å². The Hall–Kier alpha value is -3.35. The van der Waals surface area contributed by atoms with Gasteiger partial charge in [0.1, 0.15) is 18.1 Å². The molecule has 0 atom stereocenters. The average Bonchev–Trinajstić information content (AvgIpc) is 3.15. The maximum absolute atomic E-state index is 13.8. The second kappa shape index (κ2) is 8.35. The third-order valence-corrected chi connectivity index (χ3v) is 3.88. The van der Waals surface area contributed by atoms with Gasteiger partial charge in [-0.15, -0.1) is 0 Å². The third-order valence-electron chi connectivity index (χ3n) is 3.88. The Kier molecular flexibility index (Phi) is 5.71. The Morgan fingerprint density at radius 3 is 2.59 bits per heavy atom. The van der Waals surface area contributed by atoms with Crippen molar-refractivity contribution in [3.05, 3.63) is 65.6 Å². The van der Waals surface area contributed by atoms with Crippen LogP contribution in [0.25, 0.3) is 11.3 Å². The second-order valence-electron chi connectivity index (χ2n) is 5.69. The molecule has 2 aromatic carbocycles. The van der Waals surface area contributed by atoms with E-state index in [4.69, 9.17) is 18.7 Å². The molecule has 0 aliphatic carbocycles. The zero-order chi connectivity index (χ0) is 19.2. The molecule has 7 heteroatoms. The SMILES string of the molecule is COc1ccc(CC(=O)OCc2cc(-c3ccccc3F)on2)cc1OC. The molecule has 0 aliphatic rings. The highest BCUT2D eigenvalue weighted by molar-refractivity contribution is 5.73. The van der Waals surface area contributed by atoms with E-state index in [9.17, 15) is 9.18 Å². The van der Waals surface area contributed by atoms with E-state index in [0.717, 1.165) is 5.56 Å². The number of rotatable bonds is 7. The first kappa shape index (κ1) is 18.4. The van der Waals surface area contributed by atoms with Crippen LogP contribution in [0.3, 0.4) is 0 Å². The maximum Gasteiger partial charge on any atom is 0.310 e. The van der Waals surface area contributed by atoms with E-state index in [2.05, 4.69) is 5.16 Å². The first-order chi connectivity index (χ1) is 13.1. The molecule has 0 radical (unpaired) electrons. The molecule has 0 fully saturated rings. The van der Waals surface area contributed by atoms with Gasteiger partial charge in [-0.05, 0) is 29.8 Å². The summed E-state index contributed by atoms with van der Waals surface area (Å²) in [6.45, 7) is -0.0654. The smallest absolute Gasteiger partial charge is 0.310 e. The Morgan fingerprint density at radius 2 is 1.85 bits per heavy atom. The summed E-state index contributed by atoms with van der Waals surface area (Å²) in [7, 11) is 3.07. The van der Waals surface area contributed by atoms with E-state index in [1.807, 2.05) is 0 Å². The summed E-state index contributed by atoms with van der Waals surface area (Å²) in [6.07, 6.45) is 0.0678. The monoisotopic (exact) mass is 371 g/mol. The van der Waals surface area contributed by atoms with Crippen molar-refractivity contribution >= 4 is 5.97 Å². The number of esters is 1. The van der Waals surface area contributed by atoms with E-state index < -0.39 is 11.8 Å². The Balaban J connectivity index is 1.59. The molecule has 1 heterocycles. The van der Waals surface area contributed by atoms with Gasteiger partial charge in [-0.3, -0.25) is 4.79 Å². The third kappa shape index (κ3) is 4.44. The molecule has 0 unspecified atom stereocenters. The lowest BCUT2D eigenvalue weighted by Crippen LogP contribution is -2.08. The minimum atomic E-state index is -0.433. The van der Waals surface area contributed by atoms with Gasteiger partial charge in [0.25, 0.3) is 0 Å². The predicted molar refractivity (Wildman–Crippen MR) is 94.9 cm³/mol. The summed E-state index contributed by atoms with van der Waals surface area (Å²) < 4.78 is 34.5. The highest BCUT2D eigenvalue weighted by Crippen LogP contribution is 2.28. The zero-order valence-corrected chi connectivity index (χ0v) is 14.9. The molecule has 27 heavy (non-hydrogen) atoms. The molecule has 140 valence electrons. The van der Waals surface area contributed by atoms with E-state index in [1.165, 1.54) is 13.2 Å². The Bertz CT molecular complexity index is 938. The van der Waals surface area contributed by atoms with Crippen LogP contribution in [0.5, 0.6) is 11.5 Å². The van der Waals surface area contributed by atoms with Gasteiger partial charge in [0.15, 0.2) is 17.3 Å². The number of hydrogen-bond donors (Lipinski definition) is 0. The normalized spacial score (nSPS) is 10.5. The summed E-state index contributed by atoms with van der Waals surface area (Å²) in [6, 6.07) is 12.9. The van der Waals surface area contributed by atoms with E-state index in [1.54, 1.807) is 49.6 Å². The molecule has 1 aromatic heterocycles. The summed E-state index contributed by atoms with van der Waals surface area (Å²) in [5.74, 6) is 0.550. The van der Waals surface area contributed by atoms with Crippen molar-refractivity contribution in [2.75, 3.05) is 14.2 Å². The van der Waals surface area contributed by atoms with Crippen LogP contribution in [-0.2, 0) is 22.6 Å². The van der Waals surface area contributed by atoms with Crippen LogP contribution in [0.1, 0.15) is 11.3 Å². The van der Waals surface area contributed by atoms with Crippen molar-refractivity contribution in [2.24, 2.45) is 0 Å². The highest BCUT2D eigenvalue weighted by atomic mass is 19.1. The second-order valence-corrected chi connectivity index (χ2v) is 5.69. The molecule has 0 saturated heterocycles. The quantitative estimate of drug-likeness (QED) is 0.589. The summed E-state index contributed by atoms with van der Waals surface area (Å²) in [4.78, 5) is 12.1. The van der Waals surface area contributed by atoms with Gasteiger partial charge in [0.2, 0.25) is 0 Å². The van der Waals surface area contributed by atoms with Crippen molar-refractivity contribution in [1.29, 1.82) is 0 Å². The standard InChI is InChI=1S/C20H18FNO5/c1-24-17-8-7-13(9-19(17)25-2)10-20(23)26-12-14-11-18(27-22-14)15-5-3-4-6-16(15)21/h3-9,11H,10,12H2,1-2H3. The molecule has 3 aromatic rings. The number of carbonyl (C=O) groups excluding carboxylic acids is 1. The van der Waals surface area contributed by atoms with Crippen LogP contribution >= 0.6 is 0 Å². The number of halogens is 1. The molecular weight excluding hydrogens is 353 g/mol. The van der Waals surface area contributed by atoms with E-state index >= 15 is 0 Å². The largest absolute Gasteiger partial charge is 0.493 e. The summed E-state index contributed by atoms with van der Waals surface area (Å²) in [5.41, 5.74) is 1.42. The molecular formula is C20H18FNO5. The summed E-state index contributed by atoms with van der Waals surface area (Å²) in [5, 5.41) is 3.81. The molecule has 0 spiro atoms. The lowest BCUT2D eigenvalue weighted by atomic mass is 10.1. The fraction of sp³-hybridized carbons (Fsp3) is 0.200. The number of methoxy groups -OCH3 is 2. The van der Waals surface area contributed by atoms with Crippen LogP contribution in [0.4, 0.5) is 4.39 Å². The first-order valence-corrected chi connectivity index (χ1v) is 8.17. The lowest BCUT2D eigenvalue weighted by Gasteiger charge is -2.09. The van der Waals surface area contributed by atoms with E-state index in [-0.39, 0.29) is 18.8 Å². The Labute approximate surface area is 155 Å². The average molecular weight is 371 g/mol. The van der Waals surface area contributed by atoms with Crippen LogP contribution in [0.15, 0.2) is 53.1 Å². The van der Waals surface area contributed by atoms with Gasteiger partial charge in [0, 0.05) is 6.07 Å². The lowest BCUT2D eigenvalue weighted by molar-refractivity contribution is -0.144. The fourth-order valence-corrected chi connectivity index (χ4v) is 2.53. The molecule has 3 rings (SSSR count). The minimum Gasteiger partial charge on any atom is -0.493 e. The van der Waals surface area contributed by atoms with E-state index in [0.29, 0.717) is 22.8 Å². The van der Waals surface area contributed by atoms with Crippen molar-refractivity contribution in [1.82, 2.24) is 5.16 Å². The molecule has 0 saturated carbocycles. The molecule has 6 nitrogen and oxygen atoms in total. The van der Waals surface area contributed by atoms with Crippen LogP contribution in [0.2, 0.25) is 0 Å². The number of hydrogen-bond acceptors (Lipinski definition) is 6. The predicted octanol–water partition coefficient (Wildman–Crippen LogP) is 3.78. The molecule has 0 amide bonds. The number of carbonyl (C=O) groups is 1. The summed E-state index contributed by atoms with van der Waals surface area (Å²) >= 11 is 0. The van der Waals surface area contributed by atoms with Crippen molar-refractivity contribution in [2.45, 2.75) is 13.0 Å². The number of nitrogens with zero attached hydrogens (tertiary/aromatic N) is 1. The van der Waals surface area contributed by atoms with Crippen molar-refractivity contribution in [3.63, 3.8) is 0 Å². The van der Waals surface area contributed by atoms with Gasteiger partial charge >= 0.3 is 5.97 Å².